The third-order valence-electron chi connectivity index (χ3n) is 8.38. The lowest BCUT2D eigenvalue weighted by Gasteiger charge is -2.39. The number of carboxylic acid groups (broad SMARTS) is 1. The normalized spacial score (nSPS) is 19.8. The predicted octanol–water partition coefficient (Wildman–Crippen LogP) is 5.38. The number of hydrogen-bond acceptors (Lipinski definition) is 8. The second-order valence-electron chi connectivity index (χ2n) is 11.6. The Morgan fingerprint density at radius 1 is 0.911 bits per heavy atom. The smallest absolute Gasteiger partial charge is 0.303 e. The lowest BCUT2D eigenvalue weighted by atomic mass is 9.97. The molecule has 5 rings (SSSR count). The molecule has 3 N–H and O–H groups in total. The number of aliphatic carboxylic acids is 1. The first-order chi connectivity index (χ1) is 21.8. The van der Waals surface area contributed by atoms with Gasteiger partial charge >= 0.3 is 5.97 Å². The molecular weight excluding hydrogens is 576 g/mol. The summed E-state index contributed by atoms with van der Waals surface area (Å²) in [5, 5.41) is 21.2. The van der Waals surface area contributed by atoms with E-state index >= 15 is 0 Å². The highest BCUT2D eigenvalue weighted by Crippen LogP contribution is 2.39. The SMILES string of the molecule is COc1cc2c(cc1OC)CN(C[C@@H]1C[C@H](c3ccc(CO)cc3)O[C@H](c3ccc(NC(=O)CCCCC(=O)O)cc3)O1)CC2. The van der Waals surface area contributed by atoms with Crippen LogP contribution in [0.5, 0.6) is 11.5 Å². The number of ether oxygens (including phenoxy) is 4. The summed E-state index contributed by atoms with van der Waals surface area (Å²) >= 11 is 0. The third-order valence-corrected chi connectivity index (χ3v) is 8.38. The second kappa shape index (κ2) is 15.4. The Morgan fingerprint density at radius 3 is 2.24 bits per heavy atom. The van der Waals surface area contributed by atoms with E-state index < -0.39 is 12.3 Å². The largest absolute Gasteiger partial charge is 0.493 e. The van der Waals surface area contributed by atoms with Crippen LogP contribution in [0.15, 0.2) is 60.7 Å². The molecular formula is C35H42N2O8. The zero-order valence-electron chi connectivity index (χ0n) is 25.9. The molecule has 1 saturated heterocycles. The molecule has 1 amide bonds. The Bertz CT molecular complexity index is 1440. The monoisotopic (exact) mass is 618 g/mol. The summed E-state index contributed by atoms with van der Waals surface area (Å²) in [5.74, 6) is 0.470. The van der Waals surface area contributed by atoms with Crippen molar-refractivity contribution in [3.8, 4) is 11.5 Å². The van der Waals surface area contributed by atoms with Gasteiger partial charge in [0.2, 0.25) is 5.91 Å². The number of aliphatic hydroxyl groups excluding tert-OH is 1. The molecule has 240 valence electrons. The van der Waals surface area contributed by atoms with Crippen molar-refractivity contribution in [2.75, 3.05) is 32.6 Å². The van der Waals surface area contributed by atoms with Crippen LogP contribution in [0.1, 0.15) is 72.3 Å². The molecule has 1 fully saturated rings. The van der Waals surface area contributed by atoms with E-state index in [-0.39, 0.29) is 37.6 Å². The van der Waals surface area contributed by atoms with E-state index in [1.54, 1.807) is 14.2 Å². The van der Waals surface area contributed by atoms with Crippen molar-refractivity contribution in [1.29, 1.82) is 0 Å². The maximum absolute atomic E-state index is 12.3. The molecule has 3 aromatic rings. The number of nitrogens with zero attached hydrogens (tertiary/aromatic N) is 1. The molecule has 0 aromatic heterocycles. The zero-order valence-corrected chi connectivity index (χ0v) is 25.9. The van der Waals surface area contributed by atoms with Gasteiger partial charge in [0.25, 0.3) is 0 Å². The third kappa shape index (κ3) is 8.61. The minimum absolute atomic E-state index is 0.0154. The number of carbonyl (C=O) groups excluding carboxylic acids is 1. The van der Waals surface area contributed by atoms with Crippen LogP contribution in [0.4, 0.5) is 5.69 Å². The molecule has 2 heterocycles. The van der Waals surface area contributed by atoms with Gasteiger partial charge in [0.15, 0.2) is 17.8 Å². The molecule has 10 heteroatoms. The first-order valence-electron chi connectivity index (χ1n) is 15.4. The Balaban J connectivity index is 1.27. The van der Waals surface area contributed by atoms with Gasteiger partial charge in [-0.15, -0.1) is 0 Å². The number of amides is 1. The molecule has 10 nitrogen and oxygen atoms in total. The summed E-state index contributed by atoms with van der Waals surface area (Å²) in [5.41, 5.74) is 5.86. The van der Waals surface area contributed by atoms with E-state index in [2.05, 4.69) is 22.3 Å². The summed E-state index contributed by atoms with van der Waals surface area (Å²) in [6, 6.07) is 19.4. The van der Waals surface area contributed by atoms with Crippen LogP contribution in [0.3, 0.4) is 0 Å². The molecule has 2 aliphatic heterocycles. The lowest BCUT2D eigenvalue weighted by molar-refractivity contribution is -0.253. The summed E-state index contributed by atoms with van der Waals surface area (Å²) < 4.78 is 24.1. The number of fused-ring (bicyclic) bond motifs is 1. The number of rotatable bonds is 13. The Hall–Kier alpha value is -3.96. The number of methoxy groups -OCH3 is 2. The Kier molecular flexibility index (Phi) is 11.1. The van der Waals surface area contributed by atoms with Crippen molar-refractivity contribution in [3.05, 3.63) is 88.5 Å². The zero-order chi connectivity index (χ0) is 31.8. The quantitative estimate of drug-likeness (QED) is 0.216. The second-order valence-corrected chi connectivity index (χ2v) is 11.6. The van der Waals surface area contributed by atoms with E-state index in [1.807, 2.05) is 48.5 Å². The van der Waals surface area contributed by atoms with Gasteiger partial charge in [-0.25, -0.2) is 0 Å². The number of carbonyl (C=O) groups is 2. The molecule has 3 aromatic carbocycles. The molecule has 3 atom stereocenters. The summed E-state index contributed by atoms with van der Waals surface area (Å²) in [6.45, 7) is 2.39. The highest BCUT2D eigenvalue weighted by atomic mass is 16.7. The molecule has 0 spiro atoms. The van der Waals surface area contributed by atoms with Gasteiger partial charge in [0.05, 0.1) is 33.0 Å². The van der Waals surface area contributed by atoms with E-state index in [1.165, 1.54) is 11.1 Å². The lowest BCUT2D eigenvalue weighted by Crippen LogP contribution is -2.41. The van der Waals surface area contributed by atoms with Crippen molar-refractivity contribution in [2.24, 2.45) is 0 Å². The van der Waals surface area contributed by atoms with E-state index in [0.29, 0.717) is 24.9 Å². The van der Waals surface area contributed by atoms with Crippen molar-refractivity contribution in [3.63, 3.8) is 0 Å². The molecule has 0 bridgehead atoms. The minimum atomic E-state index is -0.854. The number of aliphatic hydroxyl groups is 1. The summed E-state index contributed by atoms with van der Waals surface area (Å²) in [7, 11) is 3.31. The molecule has 2 aliphatic rings. The maximum Gasteiger partial charge on any atom is 0.303 e. The van der Waals surface area contributed by atoms with Crippen LogP contribution in [-0.4, -0.2) is 60.4 Å². The van der Waals surface area contributed by atoms with Crippen molar-refractivity contribution < 1.29 is 38.7 Å². The number of hydrogen-bond donors (Lipinski definition) is 3. The number of benzene rings is 3. The van der Waals surface area contributed by atoms with Crippen molar-refractivity contribution in [1.82, 2.24) is 4.90 Å². The number of nitrogens with one attached hydrogen (secondary N) is 1. The van der Waals surface area contributed by atoms with Crippen LogP contribution < -0.4 is 14.8 Å². The van der Waals surface area contributed by atoms with Gasteiger partial charge in [-0.2, -0.15) is 0 Å². The van der Waals surface area contributed by atoms with Gasteiger partial charge < -0.3 is 34.5 Å². The Morgan fingerprint density at radius 2 is 1.58 bits per heavy atom. The van der Waals surface area contributed by atoms with Crippen molar-refractivity contribution in [2.45, 2.75) is 70.2 Å². The van der Waals surface area contributed by atoms with Crippen LogP contribution in [0.25, 0.3) is 0 Å². The predicted molar refractivity (Wildman–Crippen MR) is 168 cm³/mol. The molecule has 0 aliphatic carbocycles. The van der Waals surface area contributed by atoms with Crippen LogP contribution in [-0.2, 0) is 38.6 Å². The van der Waals surface area contributed by atoms with Crippen LogP contribution in [0.2, 0.25) is 0 Å². The maximum atomic E-state index is 12.3. The van der Waals surface area contributed by atoms with Gasteiger partial charge in [-0.05, 0) is 65.8 Å². The van der Waals surface area contributed by atoms with Gasteiger partial charge in [-0.1, -0.05) is 36.4 Å². The first kappa shape index (κ1) is 32.4. The van der Waals surface area contributed by atoms with Gasteiger partial charge in [-0.3, -0.25) is 14.5 Å². The van der Waals surface area contributed by atoms with Crippen molar-refractivity contribution >= 4 is 17.6 Å². The van der Waals surface area contributed by atoms with Crippen LogP contribution >= 0.6 is 0 Å². The molecule has 45 heavy (non-hydrogen) atoms. The summed E-state index contributed by atoms with van der Waals surface area (Å²) in [6.07, 6.45) is 2.00. The average molecular weight is 619 g/mol. The van der Waals surface area contributed by atoms with E-state index in [0.717, 1.165) is 54.2 Å². The van der Waals surface area contributed by atoms with Gasteiger partial charge in [0, 0.05) is 50.1 Å². The highest BCUT2D eigenvalue weighted by molar-refractivity contribution is 5.90. The Labute approximate surface area is 263 Å². The first-order valence-corrected chi connectivity index (χ1v) is 15.4. The summed E-state index contributed by atoms with van der Waals surface area (Å²) in [4.78, 5) is 25.4. The fourth-order valence-corrected chi connectivity index (χ4v) is 5.93. The molecule has 0 unspecified atom stereocenters. The minimum Gasteiger partial charge on any atom is -0.493 e. The fraction of sp³-hybridized carbons (Fsp3) is 0.429. The van der Waals surface area contributed by atoms with Gasteiger partial charge in [0.1, 0.15) is 0 Å². The van der Waals surface area contributed by atoms with Crippen LogP contribution in [0, 0.1) is 0 Å². The van der Waals surface area contributed by atoms with E-state index in [9.17, 15) is 14.7 Å². The molecule has 0 saturated carbocycles. The topological polar surface area (TPSA) is 127 Å². The standard InChI is InChI=1S/C35H42N2O8/c1-42-31-17-26-15-16-37(20-27(26)18-32(31)43-2)21-29-19-30(24-9-7-23(22-38)8-10-24)45-35(44-29)25-11-13-28(14-12-25)36-33(39)5-3-4-6-34(40)41/h7-14,17-18,29-30,35,38H,3-6,15-16,19-22H2,1-2H3,(H,36,39)(H,40,41)/t29-,30+,35+/m0/s1. The highest BCUT2D eigenvalue weighted by Gasteiger charge is 2.34. The van der Waals surface area contributed by atoms with E-state index in [4.69, 9.17) is 24.1 Å². The number of anilines is 1. The number of carboxylic acids is 1. The molecule has 0 radical (unpaired) electrons. The average Bonchev–Trinajstić information content (AvgIpc) is 3.06. The number of unbranched alkanes of at least 4 members (excludes halogenated alkanes) is 1. The fourth-order valence-electron chi connectivity index (χ4n) is 5.93.